The molecule has 0 aliphatic carbocycles. The van der Waals surface area contributed by atoms with Crippen LogP contribution >= 0.6 is 0 Å². The third-order valence-corrected chi connectivity index (χ3v) is 2.81. The Hall–Kier alpha value is -2.38. The minimum atomic E-state index is -0.406. The predicted molar refractivity (Wildman–Crippen MR) is 72.4 cm³/mol. The maximum atomic E-state index is 9.29. The highest BCUT2D eigenvalue weighted by Gasteiger charge is 2.14. The van der Waals surface area contributed by atoms with Crippen molar-refractivity contribution in [2.75, 3.05) is 7.11 Å². The van der Waals surface area contributed by atoms with Gasteiger partial charge in [0, 0.05) is 24.5 Å². The van der Waals surface area contributed by atoms with Crippen molar-refractivity contribution in [3.63, 3.8) is 0 Å². The van der Waals surface area contributed by atoms with E-state index in [2.05, 4.69) is 16.4 Å². The summed E-state index contributed by atoms with van der Waals surface area (Å²) < 4.78 is 5.28. The first-order valence-corrected chi connectivity index (χ1v) is 6.00. The van der Waals surface area contributed by atoms with Gasteiger partial charge in [0.2, 0.25) is 0 Å². The molecule has 0 radical (unpaired) electrons. The van der Waals surface area contributed by atoms with Crippen LogP contribution in [0.2, 0.25) is 0 Å². The quantitative estimate of drug-likeness (QED) is 0.889. The summed E-state index contributed by atoms with van der Waals surface area (Å²) in [4.78, 5) is 4.05. The summed E-state index contributed by atoms with van der Waals surface area (Å²) in [7, 11) is 1.61. The second-order valence-electron chi connectivity index (χ2n) is 4.05. The van der Waals surface area contributed by atoms with Crippen LogP contribution in [-0.4, -0.2) is 12.1 Å². The molecule has 0 saturated heterocycles. The fourth-order valence-corrected chi connectivity index (χ4v) is 1.85. The maximum absolute atomic E-state index is 9.29. The van der Waals surface area contributed by atoms with Crippen LogP contribution in [0.1, 0.15) is 17.2 Å². The average Bonchev–Trinajstić information content (AvgIpc) is 2.49. The number of nitrogens with zero attached hydrogens (tertiary/aromatic N) is 2. The number of hydrogen-bond acceptors (Lipinski definition) is 4. The predicted octanol–water partition coefficient (Wildman–Crippen LogP) is 2.44. The van der Waals surface area contributed by atoms with E-state index in [1.807, 2.05) is 36.4 Å². The van der Waals surface area contributed by atoms with Gasteiger partial charge in [0.05, 0.1) is 13.2 Å². The topological polar surface area (TPSA) is 57.9 Å². The van der Waals surface area contributed by atoms with Gasteiger partial charge in [-0.1, -0.05) is 24.3 Å². The van der Waals surface area contributed by atoms with E-state index in [0.717, 1.165) is 11.1 Å². The van der Waals surface area contributed by atoms with E-state index in [1.165, 1.54) is 0 Å². The summed E-state index contributed by atoms with van der Waals surface area (Å²) in [6.45, 7) is 0.587. The molecule has 0 spiro atoms. The molecular weight excluding hydrogens is 238 g/mol. The Kier molecular flexibility index (Phi) is 4.49. The zero-order valence-corrected chi connectivity index (χ0v) is 10.7. The largest absolute Gasteiger partial charge is 0.496 e. The first-order valence-electron chi connectivity index (χ1n) is 6.00. The van der Waals surface area contributed by atoms with Crippen molar-refractivity contribution < 1.29 is 4.74 Å². The number of methoxy groups -OCH3 is 1. The Morgan fingerprint density at radius 1 is 1.32 bits per heavy atom. The summed E-state index contributed by atoms with van der Waals surface area (Å²) in [5.41, 5.74) is 1.88. The minimum absolute atomic E-state index is 0.406. The van der Waals surface area contributed by atoms with Crippen molar-refractivity contribution in [1.82, 2.24) is 10.3 Å². The molecular formula is C15H15N3O. The Balaban J connectivity index is 2.11. The highest BCUT2D eigenvalue weighted by atomic mass is 16.5. The van der Waals surface area contributed by atoms with Gasteiger partial charge in [-0.05, 0) is 17.7 Å². The van der Waals surface area contributed by atoms with Crippen LogP contribution in [0.5, 0.6) is 5.75 Å². The number of rotatable bonds is 5. The van der Waals surface area contributed by atoms with E-state index in [1.54, 1.807) is 19.5 Å². The Bertz CT molecular complexity index is 563. The summed E-state index contributed by atoms with van der Waals surface area (Å²) >= 11 is 0. The van der Waals surface area contributed by atoms with Crippen LogP contribution in [0.4, 0.5) is 0 Å². The lowest BCUT2D eigenvalue weighted by atomic mass is 10.1. The second-order valence-corrected chi connectivity index (χ2v) is 4.05. The van der Waals surface area contributed by atoms with Crippen LogP contribution in [0.3, 0.4) is 0 Å². The number of aromatic nitrogens is 1. The average molecular weight is 253 g/mol. The molecule has 1 aromatic heterocycles. The van der Waals surface area contributed by atoms with E-state index < -0.39 is 6.04 Å². The number of nitriles is 1. The number of para-hydroxylation sites is 1. The molecule has 0 amide bonds. The molecule has 1 aromatic carbocycles. The molecule has 4 nitrogen and oxygen atoms in total. The van der Waals surface area contributed by atoms with Gasteiger partial charge in [-0.25, -0.2) is 0 Å². The summed E-state index contributed by atoms with van der Waals surface area (Å²) in [6.07, 6.45) is 3.51. The molecule has 1 unspecified atom stereocenters. The number of hydrogen-bond donors (Lipinski definition) is 1. The van der Waals surface area contributed by atoms with Gasteiger partial charge < -0.3 is 4.74 Å². The number of benzene rings is 1. The molecule has 0 bridgehead atoms. The van der Waals surface area contributed by atoms with E-state index in [4.69, 9.17) is 4.74 Å². The van der Waals surface area contributed by atoms with E-state index in [0.29, 0.717) is 12.3 Å². The van der Waals surface area contributed by atoms with Gasteiger partial charge in [-0.2, -0.15) is 5.26 Å². The zero-order valence-electron chi connectivity index (χ0n) is 10.7. The molecule has 0 fully saturated rings. The Morgan fingerprint density at radius 2 is 2.16 bits per heavy atom. The molecule has 19 heavy (non-hydrogen) atoms. The van der Waals surface area contributed by atoms with Crippen LogP contribution in [-0.2, 0) is 6.54 Å². The van der Waals surface area contributed by atoms with Gasteiger partial charge in [0.1, 0.15) is 11.8 Å². The summed E-state index contributed by atoms with van der Waals surface area (Å²) in [6, 6.07) is 13.2. The molecule has 1 heterocycles. The summed E-state index contributed by atoms with van der Waals surface area (Å²) in [5, 5.41) is 12.5. The standard InChI is InChI=1S/C15H15N3O/c1-19-15-7-3-2-6-13(15)14(9-16)18-11-12-5-4-8-17-10-12/h2-8,10,14,18H,11H2,1H3. The molecule has 96 valence electrons. The van der Waals surface area contributed by atoms with E-state index >= 15 is 0 Å². The third kappa shape index (κ3) is 3.30. The smallest absolute Gasteiger partial charge is 0.125 e. The first kappa shape index (κ1) is 13.1. The lowest BCUT2D eigenvalue weighted by Gasteiger charge is -2.15. The van der Waals surface area contributed by atoms with Gasteiger partial charge in [0.15, 0.2) is 0 Å². The van der Waals surface area contributed by atoms with E-state index in [-0.39, 0.29) is 0 Å². The summed E-state index contributed by atoms with van der Waals surface area (Å²) in [5.74, 6) is 0.715. The molecule has 0 aliphatic rings. The molecule has 1 N–H and O–H groups in total. The Morgan fingerprint density at radius 3 is 2.84 bits per heavy atom. The normalized spacial score (nSPS) is 11.6. The monoisotopic (exact) mass is 253 g/mol. The van der Waals surface area contributed by atoms with Crippen molar-refractivity contribution >= 4 is 0 Å². The van der Waals surface area contributed by atoms with Crippen LogP contribution in [0.25, 0.3) is 0 Å². The third-order valence-electron chi connectivity index (χ3n) is 2.81. The van der Waals surface area contributed by atoms with Gasteiger partial charge in [-0.3, -0.25) is 10.3 Å². The Labute approximate surface area is 112 Å². The fourth-order valence-electron chi connectivity index (χ4n) is 1.85. The maximum Gasteiger partial charge on any atom is 0.125 e. The van der Waals surface area contributed by atoms with Crippen molar-refractivity contribution in [3.8, 4) is 11.8 Å². The van der Waals surface area contributed by atoms with Crippen LogP contribution in [0, 0.1) is 11.3 Å². The number of pyridine rings is 1. The van der Waals surface area contributed by atoms with Crippen LogP contribution < -0.4 is 10.1 Å². The molecule has 0 aliphatic heterocycles. The van der Waals surface area contributed by atoms with Crippen molar-refractivity contribution in [2.24, 2.45) is 0 Å². The van der Waals surface area contributed by atoms with Gasteiger partial charge in [-0.15, -0.1) is 0 Å². The number of ether oxygens (including phenoxy) is 1. The molecule has 1 atom stereocenters. The first-order chi connectivity index (χ1) is 9.35. The van der Waals surface area contributed by atoms with Crippen molar-refractivity contribution in [2.45, 2.75) is 12.6 Å². The minimum Gasteiger partial charge on any atom is -0.496 e. The molecule has 4 heteroatoms. The molecule has 0 saturated carbocycles. The number of nitrogens with one attached hydrogen (secondary N) is 1. The highest BCUT2D eigenvalue weighted by Crippen LogP contribution is 2.24. The lowest BCUT2D eigenvalue weighted by molar-refractivity contribution is 0.405. The van der Waals surface area contributed by atoms with E-state index in [9.17, 15) is 5.26 Å². The zero-order chi connectivity index (χ0) is 13.5. The van der Waals surface area contributed by atoms with Crippen molar-refractivity contribution in [3.05, 3.63) is 59.9 Å². The second kappa shape index (κ2) is 6.53. The highest BCUT2D eigenvalue weighted by molar-refractivity contribution is 5.38. The SMILES string of the molecule is COc1ccccc1C(C#N)NCc1cccnc1. The van der Waals surface area contributed by atoms with Crippen LogP contribution in [0.15, 0.2) is 48.8 Å². The molecule has 2 aromatic rings. The van der Waals surface area contributed by atoms with Gasteiger partial charge in [0.25, 0.3) is 0 Å². The lowest BCUT2D eigenvalue weighted by Crippen LogP contribution is -2.20. The van der Waals surface area contributed by atoms with Gasteiger partial charge >= 0.3 is 0 Å². The fraction of sp³-hybridized carbons (Fsp3) is 0.200. The molecule has 2 rings (SSSR count). The van der Waals surface area contributed by atoms with Crippen molar-refractivity contribution in [1.29, 1.82) is 5.26 Å².